The van der Waals surface area contributed by atoms with Gasteiger partial charge in [-0.05, 0) is 81.7 Å². The molecule has 0 radical (unpaired) electrons. The Morgan fingerprint density at radius 1 is 0.600 bits per heavy atom. The average molecular weight is 477 g/mol. The van der Waals surface area contributed by atoms with Crippen molar-refractivity contribution in [2.45, 2.75) is 38.9 Å². The highest BCUT2D eigenvalue weighted by Gasteiger charge is 2.51. The second kappa shape index (κ2) is 8.23. The molecule has 1 aliphatic rings. The number of thiophene rings is 1. The van der Waals surface area contributed by atoms with E-state index in [4.69, 9.17) is 9.31 Å². The van der Waals surface area contributed by atoms with Crippen molar-refractivity contribution in [1.29, 1.82) is 0 Å². The molecule has 2 heterocycles. The van der Waals surface area contributed by atoms with E-state index in [2.05, 4.69) is 130 Å². The van der Waals surface area contributed by atoms with E-state index in [1.54, 1.807) is 0 Å². The minimum Gasteiger partial charge on any atom is -0.399 e. The molecule has 35 heavy (non-hydrogen) atoms. The summed E-state index contributed by atoms with van der Waals surface area (Å²) in [5.74, 6) is 0. The van der Waals surface area contributed by atoms with Crippen LogP contribution in [0.25, 0.3) is 20.2 Å². The number of nitrogens with zero attached hydrogens (tertiary/aromatic N) is 1. The number of para-hydroxylation sites is 1. The van der Waals surface area contributed by atoms with Crippen molar-refractivity contribution in [2.24, 2.45) is 0 Å². The average Bonchev–Trinajstić information content (AvgIpc) is 3.33. The molecule has 3 nitrogen and oxygen atoms in total. The number of fused-ring (bicyclic) bond motifs is 3. The van der Waals surface area contributed by atoms with Gasteiger partial charge in [0.05, 0.1) is 11.2 Å². The molecule has 5 aromatic rings. The van der Waals surface area contributed by atoms with Crippen LogP contribution in [0.5, 0.6) is 0 Å². The predicted molar refractivity (Wildman–Crippen MR) is 150 cm³/mol. The molecule has 6 rings (SSSR count). The molecule has 0 unspecified atom stereocenters. The summed E-state index contributed by atoms with van der Waals surface area (Å²) in [6, 6.07) is 34.4. The van der Waals surface area contributed by atoms with Gasteiger partial charge in [-0.2, -0.15) is 0 Å². The highest BCUT2D eigenvalue weighted by Crippen LogP contribution is 2.41. The van der Waals surface area contributed by atoms with Gasteiger partial charge in [-0.15, -0.1) is 11.3 Å². The zero-order valence-corrected chi connectivity index (χ0v) is 21.3. The number of anilines is 3. The Bertz CT molecular complexity index is 1510. The molecule has 1 fully saturated rings. The molecule has 5 heteroatoms. The Hall–Kier alpha value is -3.12. The first-order chi connectivity index (χ1) is 16.8. The normalized spacial score (nSPS) is 16.7. The summed E-state index contributed by atoms with van der Waals surface area (Å²) in [6.07, 6.45) is 0. The SMILES string of the molecule is CC1(C)OB(c2cccc(N(c3ccccc3)c3ccc4sc5ccccc5c4c3)c2)OC1(C)C. The maximum atomic E-state index is 6.35. The van der Waals surface area contributed by atoms with Crippen molar-refractivity contribution in [1.82, 2.24) is 0 Å². The molecule has 1 aromatic heterocycles. The van der Waals surface area contributed by atoms with Crippen LogP contribution in [-0.2, 0) is 9.31 Å². The molecule has 0 saturated carbocycles. The first-order valence-corrected chi connectivity index (χ1v) is 12.9. The van der Waals surface area contributed by atoms with Crippen molar-refractivity contribution < 1.29 is 9.31 Å². The third-order valence-corrected chi connectivity index (χ3v) is 8.44. The van der Waals surface area contributed by atoms with E-state index in [9.17, 15) is 0 Å². The van der Waals surface area contributed by atoms with Gasteiger partial charge in [-0.3, -0.25) is 0 Å². The van der Waals surface area contributed by atoms with Crippen LogP contribution in [0.3, 0.4) is 0 Å². The van der Waals surface area contributed by atoms with E-state index < -0.39 is 7.12 Å². The van der Waals surface area contributed by atoms with Gasteiger partial charge in [-0.25, -0.2) is 0 Å². The molecule has 174 valence electrons. The highest BCUT2D eigenvalue weighted by atomic mass is 32.1. The van der Waals surface area contributed by atoms with Crippen LogP contribution in [0.4, 0.5) is 17.1 Å². The first-order valence-electron chi connectivity index (χ1n) is 12.0. The second-order valence-corrected chi connectivity index (χ2v) is 11.2. The third-order valence-electron chi connectivity index (χ3n) is 7.29. The van der Waals surface area contributed by atoms with E-state index in [-0.39, 0.29) is 11.2 Å². The van der Waals surface area contributed by atoms with Gasteiger partial charge >= 0.3 is 7.12 Å². The van der Waals surface area contributed by atoms with E-state index in [0.29, 0.717) is 0 Å². The molecule has 0 bridgehead atoms. The van der Waals surface area contributed by atoms with Crippen molar-refractivity contribution in [3.8, 4) is 0 Å². The topological polar surface area (TPSA) is 21.7 Å². The van der Waals surface area contributed by atoms with Crippen LogP contribution >= 0.6 is 11.3 Å². The summed E-state index contributed by atoms with van der Waals surface area (Å²) in [5.41, 5.74) is 3.57. The van der Waals surface area contributed by atoms with Crippen molar-refractivity contribution in [3.63, 3.8) is 0 Å². The minimum absolute atomic E-state index is 0.377. The Balaban J connectivity index is 1.47. The monoisotopic (exact) mass is 477 g/mol. The smallest absolute Gasteiger partial charge is 0.399 e. The molecule has 0 aliphatic carbocycles. The Morgan fingerprint density at radius 3 is 2.00 bits per heavy atom. The lowest BCUT2D eigenvalue weighted by Gasteiger charge is -2.32. The standard InChI is InChI=1S/C30H28BNO2S/c1-29(2)30(3,4)34-31(33-29)21-11-10-14-23(19-21)32(22-12-6-5-7-13-22)24-17-18-28-26(20-24)25-15-8-9-16-27(25)35-28/h5-20H,1-4H3. The quantitative estimate of drug-likeness (QED) is 0.246. The molecule has 0 atom stereocenters. The Labute approximate surface area is 211 Å². The number of rotatable bonds is 4. The molecule has 0 spiro atoms. The van der Waals surface area contributed by atoms with Crippen LogP contribution < -0.4 is 10.4 Å². The summed E-state index contributed by atoms with van der Waals surface area (Å²) in [6.45, 7) is 8.36. The fraction of sp³-hybridized carbons (Fsp3) is 0.200. The van der Waals surface area contributed by atoms with E-state index >= 15 is 0 Å². The summed E-state index contributed by atoms with van der Waals surface area (Å²) < 4.78 is 15.3. The maximum absolute atomic E-state index is 6.35. The molecular weight excluding hydrogens is 449 g/mol. The zero-order valence-electron chi connectivity index (χ0n) is 20.5. The molecular formula is C30H28BNO2S. The fourth-order valence-corrected chi connectivity index (χ4v) is 5.75. The van der Waals surface area contributed by atoms with Gasteiger partial charge in [0.25, 0.3) is 0 Å². The molecule has 0 amide bonds. The lowest BCUT2D eigenvalue weighted by Crippen LogP contribution is -2.41. The highest BCUT2D eigenvalue weighted by molar-refractivity contribution is 7.25. The summed E-state index contributed by atoms with van der Waals surface area (Å²) >= 11 is 1.84. The van der Waals surface area contributed by atoms with Crippen LogP contribution in [-0.4, -0.2) is 18.3 Å². The van der Waals surface area contributed by atoms with Crippen molar-refractivity contribution in [3.05, 3.63) is 97.1 Å². The van der Waals surface area contributed by atoms with Gasteiger partial charge in [0.15, 0.2) is 0 Å². The van der Waals surface area contributed by atoms with Crippen LogP contribution in [0.1, 0.15) is 27.7 Å². The van der Waals surface area contributed by atoms with E-state index in [0.717, 1.165) is 22.5 Å². The van der Waals surface area contributed by atoms with Crippen molar-refractivity contribution in [2.75, 3.05) is 4.90 Å². The lowest BCUT2D eigenvalue weighted by molar-refractivity contribution is 0.00578. The van der Waals surface area contributed by atoms with E-state index in [1.807, 2.05) is 11.3 Å². The molecule has 1 saturated heterocycles. The fourth-order valence-electron chi connectivity index (χ4n) is 4.67. The summed E-state index contributed by atoms with van der Waals surface area (Å²) in [7, 11) is -0.402. The van der Waals surface area contributed by atoms with Crippen LogP contribution in [0.15, 0.2) is 97.1 Å². The zero-order chi connectivity index (χ0) is 24.2. The first kappa shape index (κ1) is 22.4. The van der Waals surface area contributed by atoms with Crippen LogP contribution in [0.2, 0.25) is 0 Å². The minimum atomic E-state index is -0.402. The van der Waals surface area contributed by atoms with Gasteiger partial charge in [0, 0.05) is 37.2 Å². The predicted octanol–water partition coefficient (Wildman–Crippen LogP) is 7.82. The van der Waals surface area contributed by atoms with Gasteiger partial charge in [-0.1, -0.05) is 48.5 Å². The number of hydrogen-bond acceptors (Lipinski definition) is 4. The number of benzene rings is 4. The third kappa shape index (κ3) is 3.84. The summed E-state index contributed by atoms with van der Waals surface area (Å²) in [4.78, 5) is 2.31. The number of hydrogen-bond donors (Lipinski definition) is 0. The maximum Gasteiger partial charge on any atom is 0.494 e. The Morgan fingerprint density at radius 2 is 1.23 bits per heavy atom. The second-order valence-electron chi connectivity index (χ2n) is 10.1. The molecule has 4 aromatic carbocycles. The van der Waals surface area contributed by atoms with Gasteiger partial charge in [0.2, 0.25) is 0 Å². The van der Waals surface area contributed by atoms with Gasteiger partial charge < -0.3 is 14.2 Å². The van der Waals surface area contributed by atoms with Crippen LogP contribution in [0, 0.1) is 0 Å². The van der Waals surface area contributed by atoms with Crippen molar-refractivity contribution >= 4 is 61.2 Å². The largest absolute Gasteiger partial charge is 0.494 e. The summed E-state index contributed by atoms with van der Waals surface area (Å²) in [5, 5.41) is 2.58. The van der Waals surface area contributed by atoms with Gasteiger partial charge in [0.1, 0.15) is 0 Å². The lowest BCUT2D eigenvalue weighted by atomic mass is 9.79. The molecule has 1 aliphatic heterocycles. The molecule has 0 N–H and O–H groups in total. The Kier molecular flexibility index (Phi) is 5.26. The van der Waals surface area contributed by atoms with E-state index in [1.165, 1.54) is 20.2 Å².